The number of benzene rings is 1. The highest BCUT2D eigenvalue weighted by atomic mass is 32.1. The fourth-order valence-electron chi connectivity index (χ4n) is 1.99. The molecule has 2 rings (SSSR count). The molecule has 14 heavy (non-hydrogen) atoms. The van der Waals surface area contributed by atoms with Crippen LogP contribution in [0.2, 0.25) is 0 Å². The van der Waals surface area contributed by atoms with Gasteiger partial charge < -0.3 is 4.74 Å². The standard InChI is InChI=1S/C12H16OS/c1-12(5-7-13-8-6-12)10-3-2-4-11(14)9-10/h2-4,9,14H,5-8H2,1H3. The van der Waals surface area contributed by atoms with Crippen molar-refractivity contribution in [1.29, 1.82) is 0 Å². The van der Waals surface area contributed by atoms with Gasteiger partial charge >= 0.3 is 0 Å². The van der Waals surface area contributed by atoms with Crippen molar-refractivity contribution in [3.8, 4) is 0 Å². The molecule has 1 nitrogen and oxygen atoms in total. The van der Waals surface area contributed by atoms with Crippen LogP contribution in [0.1, 0.15) is 25.3 Å². The molecule has 1 heterocycles. The monoisotopic (exact) mass is 208 g/mol. The molecule has 0 amide bonds. The minimum atomic E-state index is 0.289. The van der Waals surface area contributed by atoms with E-state index in [2.05, 4.69) is 37.8 Å². The third-order valence-corrected chi connectivity index (χ3v) is 3.42. The van der Waals surface area contributed by atoms with Gasteiger partial charge in [0.25, 0.3) is 0 Å². The molecule has 1 fully saturated rings. The first kappa shape index (κ1) is 10.1. The zero-order valence-corrected chi connectivity index (χ0v) is 9.39. The molecule has 0 spiro atoms. The highest BCUT2D eigenvalue weighted by Crippen LogP contribution is 2.34. The molecular weight excluding hydrogens is 192 g/mol. The summed E-state index contributed by atoms with van der Waals surface area (Å²) in [6, 6.07) is 8.48. The Morgan fingerprint density at radius 2 is 2.00 bits per heavy atom. The van der Waals surface area contributed by atoms with E-state index in [0.717, 1.165) is 31.0 Å². The second-order valence-corrected chi connectivity index (χ2v) is 4.74. The third-order valence-electron chi connectivity index (χ3n) is 3.14. The Bertz CT molecular complexity index is 316. The first-order valence-corrected chi connectivity index (χ1v) is 5.53. The molecule has 2 heteroatoms. The molecule has 0 aliphatic carbocycles. The summed E-state index contributed by atoms with van der Waals surface area (Å²) < 4.78 is 5.40. The molecule has 76 valence electrons. The molecule has 1 aliphatic heterocycles. The number of ether oxygens (including phenoxy) is 1. The Labute approximate surface area is 90.9 Å². The van der Waals surface area contributed by atoms with Crippen molar-refractivity contribution in [3.05, 3.63) is 29.8 Å². The second kappa shape index (κ2) is 3.95. The zero-order chi connectivity index (χ0) is 10.0. The summed E-state index contributed by atoms with van der Waals surface area (Å²) in [7, 11) is 0. The van der Waals surface area contributed by atoms with Crippen molar-refractivity contribution < 1.29 is 4.74 Å². The fourth-order valence-corrected chi connectivity index (χ4v) is 2.22. The van der Waals surface area contributed by atoms with E-state index in [-0.39, 0.29) is 5.41 Å². The number of rotatable bonds is 1. The van der Waals surface area contributed by atoms with Crippen molar-refractivity contribution in [2.45, 2.75) is 30.1 Å². The summed E-state index contributed by atoms with van der Waals surface area (Å²) >= 11 is 4.38. The van der Waals surface area contributed by atoms with Gasteiger partial charge in [0.2, 0.25) is 0 Å². The smallest absolute Gasteiger partial charge is 0.0474 e. The Hall–Kier alpha value is -0.470. The van der Waals surface area contributed by atoms with Crippen molar-refractivity contribution >= 4 is 12.6 Å². The van der Waals surface area contributed by atoms with Crippen molar-refractivity contribution in [3.63, 3.8) is 0 Å². The number of hydrogen-bond acceptors (Lipinski definition) is 2. The van der Waals surface area contributed by atoms with Gasteiger partial charge in [-0.2, -0.15) is 0 Å². The summed E-state index contributed by atoms with van der Waals surface area (Å²) in [6.07, 6.45) is 2.23. The maximum Gasteiger partial charge on any atom is 0.0474 e. The van der Waals surface area contributed by atoms with E-state index in [1.165, 1.54) is 5.56 Å². The van der Waals surface area contributed by atoms with Crippen LogP contribution in [0.15, 0.2) is 29.2 Å². The highest BCUT2D eigenvalue weighted by molar-refractivity contribution is 7.80. The largest absolute Gasteiger partial charge is 0.381 e. The average molecular weight is 208 g/mol. The van der Waals surface area contributed by atoms with Crippen LogP contribution in [0.4, 0.5) is 0 Å². The van der Waals surface area contributed by atoms with Gasteiger partial charge in [-0.15, -0.1) is 12.6 Å². The first-order chi connectivity index (χ1) is 6.71. The minimum Gasteiger partial charge on any atom is -0.381 e. The molecule has 1 aliphatic rings. The SMILES string of the molecule is CC1(c2cccc(S)c2)CCOCC1. The van der Waals surface area contributed by atoms with Crippen molar-refractivity contribution in [2.75, 3.05) is 13.2 Å². The van der Waals surface area contributed by atoms with Crippen molar-refractivity contribution in [1.82, 2.24) is 0 Å². The van der Waals surface area contributed by atoms with Gasteiger partial charge in [-0.05, 0) is 36.0 Å². The summed E-state index contributed by atoms with van der Waals surface area (Å²) in [4.78, 5) is 1.05. The Kier molecular flexibility index (Phi) is 2.84. The Balaban J connectivity index is 2.28. The third kappa shape index (κ3) is 1.96. The molecule has 1 saturated heterocycles. The van der Waals surface area contributed by atoms with E-state index in [4.69, 9.17) is 4.74 Å². The van der Waals surface area contributed by atoms with Crippen LogP contribution >= 0.6 is 12.6 Å². The van der Waals surface area contributed by atoms with Gasteiger partial charge in [-0.25, -0.2) is 0 Å². The molecule has 0 unspecified atom stereocenters. The predicted octanol–water partition coefficient (Wildman–Crippen LogP) is 3.04. The lowest BCUT2D eigenvalue weighted by Gasteiger charge is -2.34. The second-order valence-electron chi connectivity index (χ2n) is 4.22. The normalized spacial score (nSPS) is 20.7. The molecule has 0 saturated carbocycles. The molecule has 1 aromatic rings. The van der Waals surface area contributed by atoms with Crippen LogP contribution in [-0.2, 0) is 10.2 Å². The molecule has 0 N–H and O–H groups in total. The van der Waals surface area contributed by atoms with E-state index >= 15 is 0 Å². The van der Waals surface area contributed by atoms with E-state index in [1.807, 2.05) is 6.07 Å². The summed E-state index contributed by atoms with van der Waals surface area (Å²) in [5.41, 5.74) is 1.69. The molecule has 0 aromatic heterocycles. The van der Waals surface area contributed by atoms with Crippen LogP contribution in [0, 0.1) is 0 Å². The molecule has 0 atom stereocenters. The van der Waals surface area contributed by atoms with Gasteiger partial charge in [0.15, 0.2) is 0 Å². The van der Waals surface area contributed by atoms with Crippen LogP contribution < -0.4 is 0 Å². The zero-order valence-electron chi connectivity index (χ0n) is 8.49. The van der Waals surface area contributed by atoms with Crippen LogP contribution in [-0.4, -0.2) is 13.2 Å². The predicted molar refractivity (Wildman–Crippen MR) is 61.1 cm³/mol. The topological polar surface area (TPSA) is 9.23 Å². The van der Waals surface area contributed by atoms with Gasteiger partial charge in [0, 0.05) is 18.1 Å². The maximum absolute atomic E-state index is 5.40. The fraction of sp³-hybridized carbons (Fsp3) is 0.500. The van der Waals surface area contributed by atoms with E-state index in [9.17, 15) is 0 Å². The number of thiol groups is 1. The first-order valence-electron chi connectivity index (χ1n) is 5.08. The lowest BCUT2D eigenvalue weighted by Crippen LogP contribution is -2.30. The molecular formula is C12H16OS. The highest BCUT2D eigenvalue weighted by Gasteiger charge is 2.29. The summed E-state index contributed by atoms with van der Waals surface area (Å²) in [5.74, 6) is 0. The summed E-state index contributed by atoms with van der Waals surface area (Å²) in [5, 5.41) is 0. The van der Waals surface area contributed by atoms with Gasteiger partial charge in [0.05, 0.1) is 0 Å². The average Bonchev–Trinajstić information content (AvgIpc) is 2.19. The number of hydrogen-bond donors (Lipinski definition) is 1. The Morgan fingerprint density at radius 1 is 1.29 bits per heavy atom. The lowest BCUT2D eigenvalue weighted by atomic mass is 9.76. The van der Waals surface area contributed by atoms with E-state index in [0.29, 0.717) is 0 Å². The molecule has 0 radical (unpaired) electrons. The lowest BCUT2D eigenvalue weighted by molar-refractivity contribution is 0.0564. The quantitative estimate of drug-likeness (QED) is 0.698. The van der Waals surface area contributed by atoms with Gasteiger partial charge in [0.1, 0.15) is 0 Å². The van der Waals surface area contributed by atoms with Crippen LogP contribution in [0.5, 0.6) is 0 Å². The van der Waals surface area contributed by atoms with E-state index < -0.39 is 0 Å². The van der Waals surface area contributed by atoms with Crippen LogP contribution in [0.3, 0.4) is 0 Å². The minimum absolute atomic E-state index is 0.289. The summed E-state index contributed by atoms with van der Waals surface area (Å²) in [6.45, 7) is 4.08. The molecule has 1 aromatic carbocycles. The Morgan fingerprint density at radius 3 is 2.64 bits per heavy atom. The molecule has 0 bridgehead atoms. The van der Waals surface area contributed by atoms with Gasteiger partial charge in [-0.3, -0.25) is 0 Å². The van der Waals surface area contributed by atoms with E-state index in [1.54, 1.807) is 0 Å². The van der Waals surface area contributed by atoms with Crippen LogP contribution in [0.25, 0.3) is 0 Å². The van der Waals surface area contributed by atoms with Gasteiger partial charge in [-0.1, -0.05) is 19.1 Å². The maximum atomic E-state index is 5.40. The van der Waals surface area contributed by atoms with Crippen molar-refractivity contribution in [2.24, 2.45) is 0 Å².